The van der Waals surface area contributed by atoms with Crippen LogP contribution in [-0.4, -0.2) is 22.1 Å². The highest BCUT2D eigenvalue weighted by atomic mass is 16.4. The van der Waals surface area contributed by atoms with E-state index in [1.807, 2.05) is 0 Å². The second-order valence-corrected chi connectivity index (χ2v) is 4.29. The molecule has 20 heavy (non-hydrogen) atoms. The molecule has 1 amide bonds. The highest BCUT2D eigenvalue weighted by molar-refractivity contribution is 6.06. The number of aromatic carboxylic acids is 1. The molecule has 0 bridgehead atoms. The summed E-state index contributed by atoms with van der Waals surface area (Å²) in [5.74, 6) is -1.18. The molecule has 1 aromatic heterocycles. The minimum absolute atomic E-state index is 0.0353. The predicted molar refractivity (Wildman–Crippen MR) is 71.2 cm³/mol. The van der Waals surface area contributed by atoms with E-state index in [1.165, 1.54) is 18.2 Å². The molecule has 0 aliphatic carbocycles. The van der Waals surface area contributed by atoms with Crippen molar-refractivity contribution >= 4 is 17.6 Å². The molecule has 0 atom stereocenters. The fourth-order valence-corrected chi connectivity index (χ4v) is 1.86. The number of carboxylic acids is 1. The lowest BCUT2D eigenvalue weighted by molar-refractivity contribution is 0.0693. The number of aryl methyl sites for hydroxylation is 2. The Bertz CT molecular complexity index is 687. The van der Waals surface area contributed by atoms with Gasteiger partial charge in [0.1, 0.15) is 17.1 Å². The predicted octanol–water partition coefficient (Wildman–Crippen LogP) is 2.55. The van der Waals surface area contributed by atoms with Crippen LogP contribution in [0.5, 0.6) is 5.75 Å². The third-order valence-corrected chi connectivity index (χ3v) is 2.80. The van der Waals surface area contributed by atoms with Gasteiger partial charge < -0.3 is 19.9 Å². The van der Waals surface area contributed by atoms with Crippen molar-refractivity contribution in [3.63, 3.8) is 0 Å². The van der Waals surface area contributed by atoms with Crippen LogP contribution in [-0.2, 0) is 0 Å². The number of furan rings is 1. The number of rotatable bonds is 3. The summed E-state index contributed by atoms with van der Waals surface area (Å²) in [5.41, 5.74) is 0.0960. The Hall–Kier alpha value is -2.76. The lowest BCUT2D eigenvalue weighted by Crippen LogP contribution is -2.13. The van der Waals surface area contributed by atoms with E-state index >= 15 is 0 Å². The maximum absolute atomic E-state index is 12.1. The van der Waals surface area contributed by atoms with Crippen LogP contribution in [0.15, 0.2) is 28.7 Å². The monoisotopic (exact) mass is 275 g/mol. The van der Waals surface area contributed by atoms with Crippen molar-refractivity contribution in [3.8, 4) is 5.75 Å². The third kappa shape index (κ3) is 2.49. The fourth-order valence-electron chi connectivity index (χ4n) is 1.86. The molecule has 2 aromatic rings. The van der Waals surface area contributed by atoms with Gasteiger partial charge in [0.05, 0.1) is 11.3 Å². The molecule has 2 rings (SSSR count). The minimum Gasteiger partial charge on any atom is -0.505 e. The smallest absolute Gasteiger partial charge is 0.339 e. The summed E-state index contributed by atoms with van der Waals surface area (Å²) in [4.78, 5) is 23.0. The van der Waals surface area contributed by atoms with Crippen LogP contribution in [0.4, 0.5) is 5.69 Å². The lowest BCUT2D eigenvalue weighted by atomic mass is 10.1. The van der Waals surface area contributed by atoms with Gasteiger partial charge in [-0.3, -0.25) is 4.79 Å². The minimum atomic E-state index is -1.27. The number of nitrogens with one attached hydrogen (secondary N) is 1. The van der Waals surface area contributed by atoms with Gasteiger partial charge >= 0.3 is 5.97 Å². The van der Waals surface area contributed by atoms with Crippen molar-refractivity contribution in [3.05, 3.63) is 46.9 Å². The quantitative estimate of drug-likeness (QED) is 0.747. The number of anilines is 1. The van der Waals surface area contributed by atoms with E-state index < -0.39 is 17.6 Å². The molecule has 0 unspecified atom stereocenters. The average Bonchev–Trinajstić information content (AvgIpc) is 2.70. The molecule has 1 aromatic carbocycles. The Morgan fingerprint density at radius 2 is 1.90 bits per heavy atom. The number of aromatic hydroxyl groups is 1. The van der Waals surface area contributed by atoms with E-state index in [9.17, 15) is 14.7 Å². The highest BCUT2D eigenvalue weighted by Gasteiger charge is 2.18. The first-order chi connectivity index (χ1) is 9.40. The number of benzene rings is 1. The first kappa shape index (κ1) is 13.7. The number of carboxylic acid groups (broad SMARTS) is 1. The zero-order chi connectivity index (χ0) is 14.9. The molecular weight excluding hydrogens is 262 g/mol. The van der Waals surface area contributed by atoms with E-state index in [-0.39, 0.29) is 11.3 Å². The van der Waals surface area contributed by atoms with E-state index in [1.54, 1.807) is 19.9 Å². The number of carbonyl (C=O) groups excluding carboxylic acids is 1. The summed E-state index contributed by atoms with van der Waals surface area (Å²) in [6.45, 7) is 3.36. The summed E-state index contributed by atoms with van der Waals surface area (Å²) >= 11 is 0. The molecule has 0 fully saturated rings. The molecular formula is C14H13NO5. The molecule has 6 heteroatoms. The molecule has 104 valence electrons. The summed E-state index contributed by atoms with van der Waals surface area (Å²) in [7, 11) is 0. The first-order valence-corrected chi connectivity index (χ1v) is 5.84. The molecule has 0 spiro atoms. The summed E-state index contributed by atoms with van der Waals surface area (Å²) in [6.07, 6.45) is 0. The van der Waals surface area contributed by atoms with Crippen LogP contribution in [0.3, 0.4) is 0 Å². The van der Waals surface area contributed by atoms with Crippen molar-refractivity contribution in [1.29, 1.82) is 0 Å². The number of hydrogen-bond acceptors (Lipinski definition) is 4. The number of hydrogen-bond donors (Lipinski definition) is 3. The Balaban J connectivity index is 2.31. The molecule has 6 nitrogen and oxygen atoms in total. The summed E-state index contributed by atoms with van der Waals surface area (Å²) in [5, 5.41) is 21.2. The molecule has 0 aliphatic rings. The van der Waals surface area contributed by atoms with E-state index in [2.05, 4.69) is 5.32 Å². The van der Waals surface area contributed by atoms with E-state index in [0.29, 0.717) is 17.1 Å². The number of para-hydroxylation sites is 1. The van der Waals surface area contributed by atoms with Crippen molar-refractivity contribution in [2.45, 2.75) is 13.8 Å². The lowest BCUT2D eigenvalue weighted by Gasteiger charge is -2.08. The molecule has 0 radical (unpaired) electrons. The highest BCUT2D eigenvalue weighted by Crippen LogP contribution is 2.28. The van der Waals surface area contributed by atoms with Crippen molar-refractivity contribution < 1.29 is 24.2 Å². The molecule has 0 saturated carbocycles. The maximum atomic E-state index is 12.1. The first-order valence-electron chi connectivity index (χ1n) is 5.84. The second-order valence-electron chi connectivity index (χ2n) is 4.29. The fraction of sp³-hybridized carbons (Fsp3) is 0.143. The van der Waals surface area contributed by atoms with Crippen LogP contribution in [0.1, 0.15) is 32.2 Å². The summed E-state index contributed by atoms with van der Waals surface area (Å²) < 4.78 is 5.25. The number of phenols is 1. The van der Waals surface area contributed by atoms with Gasteiger partial charge in [-0.2, -0.15) is 0 Å². The van der Waals surface area contributed by atoms with Gasteiger partial charge in [0.25, 0.3) is 5.91 Å². The van der Waals surface area contributed by atoms with Crippen LogP contribution >= 0.6 is 0 Å². The zero-order valence-corrected chi connectivity index (χ0v) is 10.9. The summed E-state index contributed by atoms with van der Waals surface area (Å²) in [6, 6.07) is 5.68. The average molecular weight is 275 g/mol. The topological polar surface area (TPSA) is 99.8 Å². The Kier molecular flexibility index (Phi) is 3.47. The van der Waals surface area contributed by atoms with E-state index in [0.717, 1.165) is 0 Å². The Morgan fingerprint density at radius 3 is 2.45 bits per heavy atom. The van der Waals surface area contributed by atoms with Crippen LogP contribution in [0.2, 0.25) is 0 Å². The van der Waals surface area contributed by atoms with Crippen molar-refractivity contribution in [2.75, 3.05) is 5.32 Å². The number of carbonyl (C=O) groups is 2. The molecule has 0 aliphatic heterocycles. The van der Waals surface area contributed by atoms with Crippen molar-refractivity contribution in [1.82, 2.24) is 0 Å². The third-order valence-electron chi connectivity index (χ3n) is 2.80. The van der Waals surface area contributed by atoms with Gasteiger partial charge in [-0.25, -0.2) is 4.79 Å². The number of amides is 1. The van der Waals surface area contributed by atoms with Gasteiger partial charge in [0, 0.05) is 0 Å². The molecule has 0 saturated heterocycles. The standard InChI is InChI=1S/C14H13NO5/c1-7-6-10(8(2)20-7)13(17)15-11-5-3-4-9(12(11)16)14(18)19/h3-6,16H,1-2H3,(H,15,17)(H,18,19). The SMILES string of the molecule is Cc1cc(C(=O)Nc2cccc(C(=O)O)c2O)c(C)o1. The van der Waals surface area contributed by atoms with Crippen molar-refractivity contribution in [2.24, 2.45) is 0 Å². The van der Waals surface area contributed by atoms with Crippen LogP contribution in [0, 0.1) is 13.8 Å². The van der Waals surface area contributed by atoms with Gasteiger partial charge in [0.2, 0.25) is 0 Å². The normalized spacial score (nSPS) is 10.3. The second kappa shape index (κ2) is 5.08. The maximum Gasteiger partial charge on any atom is 0.339 e. The van der Waals surface area contributed by atoms with Gasteiger partial charge in [-0.05, 0) is 32.0 Å². The Morgan fingerprint density at radius 1 is 1.20 bits per heavy atom. The van der Waals surface area contributed by atoms with Gasteiger partial charge in [0.15, 0.2) is 5.75 Å². The van der Waals surface area contributed by atoms with Crippen LogP contribution < -0.4 is 5.32 Å². The van der Waals surface area contributed by atoms with E-state index in [4.69, 9.17) is 9.52 Å². The zero-order valence-electron chi connectivity index (χ0n) is 10.9. The van der Waals surface area contributed by atoms with Gasteiger partial charge in [-0.1, -0.05) is 6.07 Å². The largest absolute Gasteiger partial charge is 0.505 e. The molecule has 1 heterocycles. The molecule has 3 N–H and O–H groups in total. The Labute approximate surface area is 114 Å². The van der Waals surface area contributed by atoms with Crippen LogP contribution in [0.25, 0.3) is 0 Å². The van der Waals surface area contributed by atoms with Gasteiger partial charge in [-0.15, -0.1) is 0 Å².